The van der Waals surface area contributed by atoms with Gasteiger partial charge in [-0.15, -0.1) is 0 Å². The maximum Gasteiger partial charge on any atom is 0.325 e. The van der Waals surface area contributed by atoms with Gasteiger partial charge in [-0.2, -0.15) is 0 Å². The van der Waals surface area contributed by atoms with Crippen LogP contribution in [0, 0.1) is 5.41 Å². The molecule has 0 aliphatic carbocycles. The third kappa shape index (κ3) is 9.49. The van der Waals surface area contributed by atoms with Gasteiger partial charge in [-0.1, -0.05) is 20.8 Å². The number of hydrogen-bond donors (Lipinski definition) is 1. The Morgan fingerprint density at radius 1 is 1.06 bits per heavy atom. The number of amides is 1. The van der Waals surface area contributed by atoms with Crippen LogP contribution in [0.5, 0.6) is 0 Å². The fraction of sp³-hybridized carbons (Fsp3) is 0.833. The van der Waals surface area contributed by atoms with Crippen molar-refractivity contribution in [2.24, 2.45) is 5.41 Å². The third-order valence-electron chi connectivity index (χ3n) is 1.54. The quantitative estimate of drug-likeness (QED) is 0.752. The molecule has 0 aliphatic heterocycles. The first kappa shape index (κ1) is 14.9. The maximum absolute atomic E-state index is 11.4. The molecule has 0 aromatic carbocycles. The second kappa shape index (κ2) is 5.32. The Kier molecular flexibility index (Phi) is 4.97. The number of hydrogen-bond acceptors (Lipinski definition) is 3. The van der Waals surface area contributed by atoms with Gasteiger partial charge in [0.2, 0.25) is 5.91 Å². The van der Waals surface area contributed by atoms with E-state index >= 15 is 0 Å². The van der Waals surface area contributed by atoms with Gasteiger partial charge in [0.05, 0.1) is 0 Å². The van der Waals surface area contributed by atoms with E-state index in [1.807, 2.05) is 20.8 Å². The number of esters is 1. The van der Waals surface area contributed by atoms with Gasteiger partial charge < -0.3 is 10.1 Å². The summed E-state index contributed by atoms with van der Waals surface area (Å²) in [6.45, 7) is 11.2. The molecule has 16 heavy (non-hydrogen) atoms. The minimum Gasteiger partial charge on any atom is -0.459 e. The van der Waals surface area contributed by atoms with E-state index in [1.165, 1.54) is 0 Å². The lowest BCUT2D eigenvalue weighted by Gasteiger charge is -2.20. The minimum atomic E-state index is -0.508. The first-order valence-corrected chi connectivity index (χ1v) is 5.48. The molecule has 0 saturated carbocycles. The number of rotatable bonds is 3. The zero-order chi connectivity index (χ0) is 13.0. The molecule has 4 nitrogen and oxygen atoms in total. The summed E-state index contributed by atoms with van der Waals surface area (Å²) >= 11 is 0. The summed E-state index contributed by atoms with van der Waals surface area (Å²) < 4.78 is 5.06. The van der Waals surface area contributed by atoms with Gasteiger partial charge >= 0.3 is 5.97 Å². The Morgan fingerprint density at radius 3 is 1.94 bits per heavy atom. The monoisotopic (exact) mass is 229 g/mol. The van der Waals surface area contributed by atoms with Gasteiger partial charge in [0.15, 0.2) is 0 Å². The van der Waals surface area contributed by atoms with Gasteiger partial charge in [0, 0.05) is 6.42 Å². The number of carbonyl (C=O) groups excluding carboxylic acids is 2. The number of carbonyl (C=O) groups is 2. The van der Waals surface area contributed by atoms with Gasteiger partial charge in [-0.05, 0) is 26.2 Å². The molecule has 94 valence electrons. The van der Waals surface area contributed by atoms with Crippen molar-refractivity contribution >= 4 is 11.9 Å². The van der Waals surface area contributed by atoms with E-state index in [2.05, 4.69) is 5.32 Å². The Hall–Kier alpha value is -1.06. The van der Waals surface area contributed by atoms with Crippen molar-refractivity contribution in [3.63, 3.8) is 0 Å². The molecule has 0 aromatic heterocycles. The topological polar surface area (TPSA) is 55.4 Å². The minimum absolute atomic E-state index is 0.0633. The number of nitrogens with one attached hydrogen (secondary N) is 1. The van der Waals surface area contributed by atoms with Gasteiger partial charge in [-0.3, -0.25) is 9.59 Å². The van der Waals surface area contributed by atoms with Crippen molar-refractivity contribution in [2.75, 3.05) is 6.54 Å². The predicted molar refractivity (Wildman–Crippen MR) is 62.9 cm³/mol. The smallest absolute Gasteiger partial charge is 0.325 e. The summed E-state index contributed by atoms with van der Waals surface area (Å²) in [5.74, 6) is -0.534. The van der Waals surface area contributed by atoms with Crippen LogP contribution < -0.4 is 5.32 Å². The fourth-order valence-electron chi connectivity index (χ4n) is 1.09. The third-order valence-corrected chi connectivity index (χ3v) is 1.54. The SMILES string of the molecule is CC(C)(C)CC(=O)NCC(=O)OC(C)(C)C. The van der Waals surface area contributed by atoms with Crippen LogP contribution in [0.1, 0.15) is 48.0 Å². The van der Waals surface area contributed by atoms with Crippen molar-refractivity contribution in [2.45, 2.75) is 53.6 Å². The summed E-state index contributed by atoms with van der Waals surface area (Å²) in [5.41, 5.74) is -0.580. The number of ether oxygens (including phenoxy) is 1. The largest absolute Gasteiger partial charge is 0.459 e. The second-order valence-corrected chi connectivity index (χ2v) is 6.10. The standard InChI is InChI=1S/C12H23NO3/c1-11(2,3)7-9(14)13-8-10(15)16-12(4,5)6/h7-8H2,1-6H3,(H,13,14). The molecular weight excluding hydrogens is 206 g/mol. The van der Waals surface area contributed by atoms with Crippen molar-refractivity contribution in [3.8, 4) is 0 Å². The Morgan fingerprint density at radius 2 is 1.56 bits per heavy atom. The molecule has 0 spiro atoms. The zero-order valence-corrected chi connectivity index (χ0v) is 11.1. The van der Waals surface area contributed by atoms with Crippen LogP contribution in [0.15, 0.2) is 0 Å². The fourth-order valence-corrected chi connectivity index (χ4v) is 1.09. The molecular formula is C12H23NO3. The molecule has 0 saturated heterocycles. The van der Waals surface area contributed by atoms with Crippen molar-refractivity contribution in [3.05, 3.63) is 0 Å². The Balaban J connectivity index is 3.90. The van der Waals surface area contributed by atoms with Crippen molar-refractivity contribution < 1.29 is 14.3 Å². The van der Waals surface area contributed by atoms with E-state index in [-0.39, 0.29) is 17.9 Å². The van der Waals surface area contributed by atoms with Crippen LogP contribution in [0.3, 0.4) is 0 Å². The van der Waals surface area contributed by atoms with E-state index in [4.69, 9.17) is 4.74 Å². The summed E-state index contributed by atoms with van der Waals surface area (Å²) in [4.78, 5) is 22.7. The maximum atomic E-state index is 11.4. The first-order chi connectivity index (χ1) is 6.99. The lowest BCUT2D eigenvalue weighted by molar-refractivity contribution is -0.154. The Bertz CT molecular complexity index is 230. The van der Waals surface area contributed by atoms with Crippen LogP contribution in [0.4, 0.5) is 0 Å². The first-order valence-electron chi connectivity index (χ1n) is 5.48. The van der Waals surface area contributed by atoms with Crippen LogP contribution in [-0.4, -0.2) is 24.0 Å². The molecule has 0 aliphatic rings. The summed E-state index contributed by atoms with van der Waals surface area (Å²) in [6.07, 6.45) is 0.399. The molecule has 0 aromatic rings. The van der Waals surface area contributed by atoms with Crippen LogP contribution in [0.2, 0.25) is 0 Å². The van der Waals surface area contributed by atoms with E-state index in [0.29, 0.717) is 6.42 Å². The van der Waals surface area contributed by atoms with Gasteiger partial charge in [0.1, 0.15) is 12.1 Å². The summed E-state index contributed by atoms with van der Waals surface area (Å²) in [6, 6.07) is 0. The van der Waals surface area contributed by atoms with Gasteiger partial charge in [-0.25, -0.2) is 0 Å². The van der Waals surface area contributed by atoms with Crippen LogP contribution >= 0.6 is 0 Å². The van der Waals surface area contributed by atoms with Crippen molar-refractivity contribution in [1.82, 2.24) is 5.32 Å². The highest BCUT2D eigenvalue weighted by atomic mass is 16.6. The average Bonchev–Trinajstić information content (AvgIpc) is 1.94. The van der Waals surface area contributed by atoms with E-state index < -0.39 is 11.6 Å². The molecule has 1 amide bonds. The van der Waals surface area contributed by atoms with Gasteiger partial charge in [0.25, 0.3) is 0 Å². The molecule has 4 heteroatoms. The lowest BCUT2D eigenvalue weighted by atomic mass is 9.92. The zero-order valence-electron chi connectivity index (χ0n) is 11.1. The predicted octanol–water partition coefficient (Wildman–Crippen LogP) is 1.88. The molecule has 0 bridgehead atoms. The van der Waals surface area contributed by atoms with E-state index in [1.54, 1.807) is 20.8 Å². The van der Waals surface area contributed by atoms with Crippen LogP contribution in [0.25, 0.3) is 0 Å². The molecule has 1 N–H and O–H groups in total. The Labute approximate surface area is 97.7 Å². The second-order valence-electron chi connectivity index (χ2n) is 6.10. The van der Waals surface area contributed by atoms with Crippen LogP contribution in [-0.2, 0) is 14.3 Å². The highest BCUT2D eigenvalue weighted by Crippen LogP contribution is 2.17. The molecule has 0 radical (unpaired) electrons. The van der Waals surface area contributed by atoms with E-state index in [0.717, 1.165) is 0 Å². The van der Waals surface area contributed by atoms with E-state index in [9.17, 15) is 9.59 Å². The highest BCUT2D eigenvalue weighted by Gasteiger charge is 2.19. The molecule has 0 heterocycles. The molecule has 0 fully saturated rings. The normalized spacial score (nSPS) is 12.1. The average molecular weight is 229 g/mol. The highest BCUT2D eigenvalue weighted by molar-refractivity contribution is 5.82. The van der Waals surface area contributed by atoms with Crippen molar-refractivity contribution in [1.29, 1.82) is 0 Å². The summed E-state index contributed by atoms with van der Waals surface area (Å²) in [5, 5.41) is 2.55. The molecule has 0 rings (SSSR count). The molecule has 0 unspecified atom stereocenters. The summed E-state index contributed by atoms with van der Waals surface area (Å²) in [7, 11) is 0. The molecule has 0 atom stereocenters. The lowest BCUT2D eigenvalue weighted by Crippen LogP contribution is -2.35.